The van der Waals surface area contributed by atoms with Crippen LogP contribution in [0.15, 0.2) is 36.5 Å². The number of aromatic nitrogens is 3. The highest BCUT2D eigenvalue weighted by Gasteiger charge is 2.20. The molecule has 2 aromatic rings. The van der Waals surface area contributed by atoms with E-state index in [9.17, 15) is 0 Å². The summed E-state index contributed by atoms with van der Waals surface area (Å²) in [7, 11) is 0. The lowest BCUT2D eigenvalue weighted by Gasteiger charge is -2.23. The van der Waals surface area contributed by atoms with Gasteiger partial charge in [0.1, 0.15) is 0 Å². The molecule has 0 amide bonds. The van der Waals surface area contributed by atoms with Crippen LogP contribution in [0.1, 0.15) is 39.3 Å². The van der Waals surface area contributed by atoms with Crippen LogP contribution >= 0.6 is 0 Å². The standard InChI is InChI=1S/C15H22N4/c1-11(2)17-13(4)12(3)15-10-16-18-19(15)14-8-6-5-7-9-14/h5-13,17H,1-4H3. The molecule has 4 heteroatoms. The predicted molar refractivity (Wildman–Crippen MR) is 77.5 cm³/mol. The van der Waals surface area contributed by atoms with Gasteiger partial charge >= 0.3 is 0 Å². The second kappa shape index (κ2) is 5.97. The summed E-state index contributed by atoms with van der Waals surface area (Å²) >= 11 is 0. The molecule has 2 atom stereocenters. The number of nitrogens with zero attached hydrogens (tertiary/aromatic N) is 3. The summed E-state index contributed by atoms with van der Waals surface area (Å²) in [5.41, 5.74) is 2.19. The lowest BCUT2D eigenvalue weighted by atomic mass is 9.99. The Labute approximate surface area is 114 Å². The van der Waals surface area contributed by atoms with Crippen molar-refractivity contribution in [3.05, 3.63) is 42.2 Å². The molecule has 1 aromatic heterocycles. The van der Waals surface area contributed by atoms with Crippen molar-refractivity contribution in [1.82, 2.24) is 20.3 Å². The topological polar surface area (TPSA) is 42.7 Å². The lowest BCUT2D eigenvalue weighted by Crippen LogP contribution is -2.36. The van der Waals surface area contributed by atoms with Crippen LogP contribution in [-0.2, 0) is 0 Å². The van der Waals surface area contributed by atoms with Gasteiger partial charge < -0.3 is 5.32 Å². The van der Waals surface area contributed by atoms with E-state index in [-0.39, 0.29) is 0 Å². The van der Waals surface area contributed by atoms with Gasteiger partial charge in [0.2, 0.25) is 0 Å². The van der Waals surface area contributed by atoms with Gasteiger partial charge in [-0.25, -0.2) is 4.68 Å². The number of benzene rings is 1. The van der Waals surface area contributed by atoms with E-state index in [4.69, 9.17) is 0 Å². The summed E-state index contributed by atoms with van der Waals surface area (Å²) in [5.74, 6) is 0.345. The molecule has 0 aliphatic rings. The van der Waals surface area contributed by atoms with Gasteiger partial charge in [-0.05, 0) is 19.1 Å². The molecular weight excluding hydrogens is 236 g/mol. The second-order valence-electron chi connectivity index (χ2n) is 5.30. The van der Waals surface area contributed by atoms with E-state index in [0.29, 0.717) is 18.0 Å². The van der Waals surface area contributed by atoms with E-state index in [1.807, 2.05) is 41.2 Å². The molecule has 0 radical (unpaired) electrons. The van der Waals surface area contributed by atoms with Gasteiger partial charge in [0.15, 0.2) is 0 Å². The van der Waals surface area contributed by atoms with Crippen molar-refractivity contribution >= 4 is 0 Å². The zero-order valence-corrected chi connectivity index (χ0v) is 12.0. The zero-order chi connectivity index (χ0) is 13.8. The van der Waals surface area contributed by atoms with Crippen molar-refractivity contribution in [2.75, 3.05) is 0 Å². The van der Waals surface area contributed by atoms with E-state index in [1.54, 1.807) is 0 Å². The molecule has 0 fully saturated rings. The first-order valence-corrected chi connectivity index (χ1v) is 6.81. The number of nitrogens with one attached hydrogen (secondary N) is 1. The Morgan fingerprint density at radius 2 is 1.74 bits per heavy atom. The summed E-state index contributed by atoms with van der Waals surface area (Å²) in [6, 6.07) is 11.0. The van der Waals surface area contributed by atoms with Crippen LogP contribution in [0, 0.1) is 0 Å². The Hall–Kier alpha value is -1.68. The minimum atomic E-state index is 0.345. The maximum absolute atomic E-state index is 4.21. The molecule has 0 aliphatic carbocycles. The van der Waals surface area contributed by atoms with E-state index >= 15 is 0 Å². The average molecular weight is 258 g/mol. The molecule has 4 nitrogen and oxygen atoms in total. The Morgan fingerprint density at radius 3 is 2.37 bits per heavy atom. The minimum Gasteiger partial charge on any atom is -0.311 e. The molecule has 0 bridgehead atoms. The van der Waals surface area contributed by atoms with Crippen LogP contribution in [0.3, 0.4) is 0 Å². The largest absolute Gasteiger partial charge is 0.311 e. The highest BCUT2D eigenvalue weighted by molar-refractivity contribution is 5.32. The molecule has 0 aliphatic heterocycles. The van der Waals surface area contributed by atoms with Crippen molar-refractivity contribution in [1.29, 1.82) is 0 Å². The molecule has 1 heterocycles. The van der Waals surface area contributed by atoms with Gasteiger partial charge in [0.05, 0.1) is 17.6 Å². The van der Waals surface area contributed by atoms with Gasteiger partial charge in [0.25, 0.3) is 0 Å². The molecular formula is C15H22N4. The van der Waals surface area contributed by atoms with E-state index in [1.165, 1.54) is 0 Å². The van der Waals surface area contributed by atoms with Gasteiger partial charge in [-0.2, -0.15) is 0 Å². The summed E-state index contributed by atoms with van der Waals surface area (Å²) in [5, 5.41) is 11.8. The quantitative estimate of drug-likeness (QED) is 0.896. The third kappa shape index (κ3) is 3.20. The van der Waals surface area contributed by atoms with E-state index in [2.05, 4.69) is 43.3 Å². The Morgan fingerprint density at radius 1 is 1.05 bits per heavy atom. The van der Waals surface area contributed by atoms with Gasteiger partial charge in [-0.1, -0.05) is 44.2 Å². The highest BCUT2D eigenvalue weighted by atomic mass is 15.4. The monoisotopic (exact) mass is 258 g/mol. The van der Waals surface area contributed by atoms with Crippen molar-refractivity contribution in [2.45, 2.75) is 45.7 Å². The van der Waals surface area contributed by atoms with E-state index in [0.717, 1.165) is 11.4 Å². The number of rotatable bonds is 5. The van der Waals surface area contributed by atoms with Crippen molar-refractivity contribution in [3.63, 3.8) is 0 Å². The van der Waals surface area contributed by atoms with Crippen LogP contribution in [0.4, 0.5) is 0 Å². The van der Waals surface area contributed by atoms with Gasteiger partial charge in [0, 0.05) is 18.0 Å². The summed E-state index contributed by atoms with van der Waals surface area (Å²) in [4.78, 5) is 0. The average Bonchev–Trinajstić information content (AvgIpc) is 2.87. The maximum Gasteiger partial charge on any atom is 0.0733 e. The molecule has 1 aromatic carbocycles. The molecule has 2 rings (SSSR count). The summed E-state index contributed by atoms with van der Waals surface area (Å²) in [6.07, 6.45) is 1.86. The van der Waals surface area contributed by atoms with Crippen molar-refractivity contribution in [3.8, 4) is 5.69 Å². The first-order valence-electron chi connectivity index (χ1n) is 6.81. The number of hydrogen-bond acceptors (Lipinski definition) is 3. The first kappa shape index (κ1) is 13.7. The number of hydrogen-bond donors (Lipinski definition) is 1. The molecule has 19 heavy (non-hydrogen) atoms. The highest BCUT2D eigenvalue weighted by Crippen LogP contribution is 2.21. The Kier molecular flexibility index (Phi) is 4.32. The van der Waals surface area contributed by atoms with Crippen molar-refractivity contribution in [2.24, 2.45) is 0 Å². The van der Waals surface area contributed by atoms with Crippen LogP contribution in [-0.4, -0.2) is 27.1 Å². The zero-order valence-electron chi connectivity index (χ0n) is 12.0. The van der Waals surface area contributed by atoms with E-state index < -0.39 is 0 Å². The third-order valence-electron chi connectivity index (χ3n) is 3.39. The Bertz CT molecular complexity index is 504. The van der Waals surface area contributed by atoms with Gasteiger partial charge in [-0.3, -0.25) is 0 Å². The molecule has 0 saturated heterocycles. The summed E-state index contributed by atoms with van der Waals surface area (Å²) < 4.78 is 1.92. The fourth-order valence-electron chi connectivity index (χ4n) is 2.25. The van der Waals surface area contributed by atoms with Crippen LogP contribution in [0.2, 0.25) is 0 Å². The predicted octanol–water partition coefficient (Wildman–Crippen LogP) is 2.76. The molecule has 0 spiro atoms. The smallest absolute Gasteiger partial charge is 0.0733 e. The van der Waals surface area contributed by atoms with Crippen LogP contribution in [0.25, 0.3) is 5.69 Å². The number of para-hydroxylation sites is 1. The fraction of sp³-hybridized carbons (Fsp3) is 0.467. The Balaban J connectivity index is 2.24. The normalized spacial score (nSPS) is 14.6. The minimum absolute atomic E-state index is 0.345. The summed E-state index contributed by atoms with van der Waals surface area (Å²) in [6.45, 7) is 8.73. The first-order chi connectivity index (χ1) is 9.09. The molecule has 0 saturated carbocycles. The fourth-order valence-corrected chi connectivity index (χ4v) is 2.25. The van der Waals surface area contributed by atoms with Gasteiger partial charge in [-0.15, -0.1) is 5.10 Å². The lowest BCUT2D eigenvalue weighted by molar-refractivity contribution is 0.429. The SMILES string of the molecule is CC(C)NC(C)C(C)c1cnnn1-c1ccccc1. The molecule has 2 unspecified atom stereocenters. The second-order valence-corrected chi connectivity index (χ2v) is 5.30. The van der Waals surface area contributed by atoms with Crippen molar-refractivity contribution < 1.29 is 0 Å². The van der Waals surface area contributed by atoms with Crippen LogP contribution in [0.5, 0.6) is 0 Å². The van der Waals surface area contributed by atoms with Crippen LogP contribution < -0.4 is 5.32 Å². The molecule has 1 N–H and O–H groups in total. The maximum atomic E-state index is 4.21. The molecule has 102 valence electrons. The third-order valence-corrected chi connectivity index (χ3v) is 3.39.